The summed E-state index contributed by atoms with van der Waals surface area (Å²) in [5.41, 5.74) is 6.38. The van der Waals surface area contributed by atoms with Gasteiger partial charge in [0.1, 0.15) is 5.82 Å². The number of hydrogen-bond donors (Lipinski definition) is 2. The van der Waals surface area contributed by atoms with E-state index in [-0.39, 0.29) is 17.4 Å². The summed E-state index contributed by atoms with van der Waals surface area (Å²) in [6.45, 7) is 2.40. The van der Waals surface area contributed by atoms with E-state index >= 15 is 0 Å². The van der Waals surface area contributed by atoms with Crippen molar-refractivity contribution in [3.63, 3.8) is 0 Å². The van der Waals surface area contributed by atoms with Gasteiger partial charge in [-0.05, 0) is 13.0 Å². The summed E-state index contributed by atoms with van der Waals surface area (Å²) in [5.74, 6) is -0.868. The summed E-state index contributed by atoms with van der Waals surface area (Å²) < 4.78 is 17.9. The van der Waals surface area contributed by atoms with Crippen LogP contribution in [0.5, 0.6) is 0 Å². The number of ether oxygens (including phenoxy) is 1. The van der Waals surface area contributed by atoms with Gasteiger partial charge in [-0.1, -0.05) is 11.6 Å². The predicted molar refractivity (Wildman–Crippen MR) is 65.6 cm³/mol. The molecule has 0 unspecified atom stereocenters. The number of nitrogens with one attached hydrogen (secondary N) is 1. The zero-order valence-corrected chi connectivity index (χ0v) is 10.2. The van der Waals surface area contributed by atoms with E-state index in [1.54, 1.807) is 6.92 Å². The van der Waals surface area contributed by atoms with Gasteiger partial charge in [-0.3, -0.25) is 4.79 Å². The Hall–Kier alpha value is -1.49. The van der Waals surface area contributed by atoms with Gasteiger partial charge < -0.3 is 15.8 Å². The molecule has 0 bridgehead atoms. The Morgan fingerprint density at radius 3 is 2.94 bits per heavy atom. The van der Waals surface area contributed by atoms with Crippen molar-refractivity contribution in [2.75, 3.05) is 24.2 Å². The van der Waals surface area contributed by atoms with Crippen LogP contribution in [0.3, 0.4) is 0 Å². The SMILES string of the molecule is CCOC(=O)CCNc1cc(F)c(Cl)cc1N. The van der Waals surface area contributed by atoms with E-state index in [1.165, 1.54) is 12.1 Å². The average Bonchev–Trinajstić information content (AvgIpc) is 2.26. The molecular formula is C11H14ClFN2O2. The van der Waals surface area contributed by atoms with Crippen LogP contribution in [-0.4, -0.2) is 19.1 Å². The number of nitrogen functional groups attached to an aromatic ring is 1. The monoisotopic (exact) mass is 260 g/mol. The standard InChI is InChI=1S/C11H14ClFN2O2/c1-2-17-11(16)3-4-15-10-6-8(13)7(12)5-9(10)14/h5-6,15H,2-4,14H2,1H3. The molecular weight excluding hydrogens is 247 g/mol. The maximum atomic E-state index is 13.1. The third kappa shape index (κ3) is 4.11. The molecule has 17 heavy (non-hydrogen) atoms. The van der Waals surface area contributed by atoms with Gasteiger partial charge in [-0.25, -0.2) is 4.39 Å². The van der Waals surface area contributed by atoms with Crippen molar-refractivity contribution in [1.29, 1.82) is 0 Å². The third-order valence-electron chi connectivity index (χ3n) is 2.04. The number of rotatable bonds is 5. The molecule has 1 aromatic carbocycles. The maximum absolute atomic E-state index is 13.1. The molecule has 0 radical (unpaired) electrons. The summed E-state index contributed by atoms with van der Waals surface area (Å²) in [5, 5.41) is 2.82. The average molecular weight is 261 g/mol. The van der Waals surface area contributed by atoms with E-state index in [0.717, 1.165) is 0 Å². The minimum Gasteiger partial charge on any atom is -0.466 e. The number of halogens is 2. The largest absolute Gasteiger partial charge is 0.466 e. The summed E-state index contributed by atoms with van der Waals surface area (Å²) in [6, 6.07) is 2.52. The topological polar surface area (TPSA) is 64.3 Å². The molecule has 0 saturated carbocycles. The van der Waals surface area contributed by atoms with Gasteiger partial charge >= 0.3 is 5.97 Å². The molecule has 0 saturated heterocycles. The van der Waals surface area contributed by atoms with Crippen molar-refractivity contribution in [1.82, 2.24) is 0 Å². The number of carbonyl (C=O) groups is 1. The van der Waals surface area contributed by atoms with Crippen LogP contribution >= 0.6 is 11.6 Å². The van der Waals surface area contributed by atoms with Crippen LogP contribution in [0.25, 0.3) is 0 Å². The van der Waals surface area contributed by atoms with Crippen molar-refractivity contribution in [3.8, 4) is 0 Å². The lowest BCUT2D eigenvalue weighted by Gasteiger charge is -2.09. The van der Waals surface area contributed by atoms with Gasteiger partial charge in [-0.15, -0.1) is 0 Å². The predicted octanol–water partition coefficient (Wildman–Crippen LogP) is 2.43. The van der Waals surface area contributed by atoms with E-state index in [1.807, 2.05) is 0 Å². The van der Waals surface area contributed by atoms with Crippen molar-refractivity contribution < 1.29 is 13.9 Å². The first-order valence-corrected chi connectivity index (χ1v) is 5.56. The Morgan fingerprint density at radius 2 is 2.29 bits per heavy atom. The van der Waals surface area contributed by atoms with Crippen molar-refractivity contribution in [2.45, 2.75) is 13.3 Å². The van der Waals surface area contributed by atoms with Gasteiger partial charge in [0.25, 0.3) is 0 Å². The first-order chi connectivity index (χ1) is 8.04. The molecule has 4 nitrogen and oxygen atoms in total. The second-order valence-corrected chi connectivity index (χ2v) is 3.74. The number of hydrogen-bond acceptors (Lipinski definition) is 4. The molecule has 6 heteroatoms. The number of esters is 1. The summed E-state index contributed by atoms with van der Waals surface area (Å²) in [6.07, 6.45) is 0.192. The Balaban J connectivity index is 2.52. The smallest absolute Gasteiger partial charge is 0.307 e. The fourth-order valence-electron chi connectivity index (χ4n) is 1.25. The molecule has 0 fully saturated rings. The molecule has 0 heterocycles. The normalized spacial score (nSPS) is 10.1. The van der Waals surface area contributed by atoms with Crippen LogP contribution in [0.1, 0.15) is 13.3 Å². The van der Waals surface area contributed by atoms with Gasteiger partial charge in [0.05, 0.1) is 29.4 Å². The second kappa shape index (κ2) is 6.30. The summed E-state index contributed by atoms with van der Waals surface area (Å²) in [7, 11) is 0. The molecule has 94 valence electrons. The van der Waals surface area contributed by atoms with Gasteiger partial charge in [-0.2, -0.15) is 0 Å². The number of nitrogens with two attached hydrogens (primary N) is 1. The molecule has 3 N–H and O–H groups in total. The van der Waals surface area contributed by atoms with E-state index in [0.29, 0.717) is 24.5 Å². The first-order valence-electron chi connectivity index (χ1n) is 5.18. The Kier molecular flexibility index (Phi) is 5.03. The molecule has 1 rings (SSSR count). The van der Waals surface area contributed by atoms with Gasteiger partial charge in [0, 0.05) is 12.6 Å². The fraction of sp³-hybridized carbons (Fsp3) is 0.364. The fourth-order valence-corrected chi connectivity index (χ4v) is 1.42. The maximum Gasteiger partial charge on any atom is 0.307 e. The molecule has 0 spiro atoms. The van der Waals surface area contributed by atoms with Crippen molar-refractivity contribution in [3.05, 3.63) is 23.0 Å². The summed E-state index contributed by atoms with van der Waals surface area (Å²) >= 11 is 5.55. The second-order valence-electron chi connectivity index (χ2n) is 3.34. The zero-order chi connectivity index (χ0) is 12.8. The highest BCUT2D eigenvalue weighted by Gasteiger charge is 2.07. The lowest BCUT2D eigenvalue weighted by molar-refractivity contribution is -0.142. The number of carbonyl (C=O) groups excluding carboxylic acids is 1. The minimum atomic E-state index is -0.556. The van der Waals surface area contributed by atoms with Crippen molar-refractivity contribution in [2.24, 2.45) is 0 Å². The molecule has 0 atom stereocenters. The van der Waals surface area contributed by atoms with Crippen LogP contribution < -0.4 is 11.1 Å². The highest BCUT2D eigenvalue weighted by atomic mass is 35.5. The van der Waals surface area contributed by atoms with Gasteiger partial charge in [0.15, 0.2) is 0 Å². The highest BCUT2D eigenvalue weighted by Crippen LogP contribution is 2.25. The van der Waals surface area contributed by atoms with E-state index < -0.39 is 5.82 Å². The first kappa shape index (κ1) is 13.6. The Morgan fingerprint density at radius 1 is 1.59 bits per heavy atom. The van der Waals surface area contributed by atoms with E-state index in [4.69, 9.17) is 22.1 Å². The molecule has 0 aliphatic heterocycles. The molecule has 0 aliphatic rings. The van der Waals surface area contributed by atoms with Crippen LogP contribution in [0.2, 0.25) is 5.02 Å². The molecule has 0 aromatic heterocycles. The third-order valence-corrected chi connectivity index (χ3v) is 2.33. The Labute approximate surface area is 104 Å². The van der Waals surface area contributed by atoms with Crippen LogP contribution in [0.4, 0.5) is 15.8 Å². The lowest BCUT2D eigenvalue weighted by atomic mass is 10.2. The zero-order valence-electron chi connectivity index (χ0n) is 9.43. The number of benzene rings is 1. The van der Waals surface area contributed by atoms with Crippen LogP contribution in [0, 0.1) is 5.82 Å². The Bertz CT molecular complexity index is 413. The van der Waals surface area contributed by atoms with Crippen LogP contribution in [-0.2, 0) is 9.53 Å². The van der Waals surface area contributed by atoms with Crippen LogP contribution in [0.15, 0.2) is 12.1 Å². The molecule has 0 aliphatic carbocycles. The van der Waals surface area contributed by atoms with E-state index in [2.05, 4.69) is 5.32 Å². The molecule has 1 aromatic rings. The molecule has 0 amide bonds. The van der Waals surface area contributed by atoms with Crippen molar-refractivity contribution >= 4 is 28.9 Å². The lowest BCUT2D eigenvalue weighted by Crippen LogP contribution is -2.12. The summed E-state index contributed by atoms with van der Waals surface area (Å²) in [4.78, 5) is 11.1. The highest BCUT2D eigenvalue weighted by molar-refractivity contribution is 6.31. The van der Waals surface area contributed by atoms with E-state index in [9.17, 15) is 9.18 Å². The number of anilines is 2. The minimum absolute atomic E-state index is 0.0292. The van der Waals surface area contributed by atoms with Gasteiger partial charge in [0.2, 0.25) is 0 Å². The quantitative estimate of drug-likeness (QED) is 0.630.